The van der Waals surface area contributed by atoms with Gasteiger partial charge in [0.1, 0.15) is 5.75 Å². The summed E-state index contributed by atoms with van der Waals surface area (Å²) in [5.74, 6) is 0.591. The number of carbonyl (C=O) groups excluding carboxylic acids is 1. The van der Waals surface area contributed by atoms with Gasteiger partial charge in [-0.05, 0) is 32.5 Å². The first-order valence-electron chi connectivity index (χ1n) is 7.35. The predicted molar refractivity (Wildman–Crippen MR) is 81.4 cm³/mol. The smallest absolute Gasteiger partial charge is 0.260 e. The second kappa shape index (κ2) is 6.91. The summed E-state index contributed by atoms with van der Waals surface area (Å²) in [6.07, 6.45) is -0.612. The molecule has 21 heavy (non-hydrogen) atoms. The molecule has 1 aliphatic heterocycles. The molecule has 1 fully saturated rings. The molecule has 5 nitrogen and oxygen atoms in total. The van der Waals surface area contributed by atoms with E-state index in [0.29, 0.717) is 11.3 Å². The minimum atomic E-state index is -0.612. The van der Waals surface area contributed by atoms with E-state index in [1.807, 2.05) is 30.0 Å². The van der Waals surface area contributed by atoms with Crippen molar-refractivity contribution in [2.24, 2.45) is 0 Å². The number of nitrogens with zero attached hydrogens (tertiary/aromatic N) is 2. The molecule has 1 atom stereocenters. The molecular weight excluding hydrogens is 268 g/mol. The third-order valence-corrected chi connectivity index (χ3v) is 3.83. The highest BCUT2D eigenvalue weighted by atomic mass is 16.5. The summed E-state index contributed by atoms with van der Waals surface area (Å²) in [7, 11) is 2.06. The topological polar surface area (TPSA) is 53.0 Å². The third kappa shape index (κ3) is 4.19. The van der Waals surface area contributed by atoms with Crippen LogP contribution in [0.5, 0.6) is 5.75 Å². The van der Waals surface area contributed by atoms with Crippen molar-refractivity contribution in [2.45, 2.75) is 20.0 Å². The van der Waals surface area contributed by atoms with Crippen LogP contribution in [0.3, 0.4) is 0 Å². The van der Waals surface area contributed by atoms with Crippen molar-refractivity contribution in [2.75, 3.05) is 39.8 Å². The Labute approximate surface area is 126 Å². The SMILES string of the molecule is Cc1ccc([C@H](C)O)c(OCC(=O)N2CCN(C)CC2)c1. The number of piperazine rings is 1. The minimum Gasteiger partial charge on any atom is -0.483 e. The number of benzene rings is 1. The fourth-order valence-electron chi connectivity index (χ4n) is 2.40. The first-order chi connectivity index (χ1) is 9.97. The Morgan fingerprint density at radius 1 is 1.33 bits per heavy atom. The van der Waals surface area contributed by atoms with E-state index < -0.39 is 6.10 Å². The molecular formula is C16H24N2O3. The number of hydrogen-bond acceptors (Lipinski definition) is 4. The van der Waals surface area contributed by atoms with Crippen molar-refractivity contribution in [3.8, 4) is 5.75 Å². The lowest BCUT2D eigenvalue weighted by Crippen LogP contribution is -2.48. The Kier molecular flexibility index (Phi) is 5.20. The molecule has 2 rings (SSSR count). The highest BCUT2D eigenvalue weighted by Crippen LogP contribution is 2.26. The fraction of sp³-hybridized carbons (Fsp3) is 0.562. The number of ether oxygens (including phenoxy) is 1. The number of aliphatic hydroxyl groups is 1. The van der Waals surface area contributed by atoms with E-state index in [4.69, 9.17) is 4.74 Å². The van der Waals surface area contributed by atoms with Crippen molar-refractivity contribution < 1.29 is 14.6 Å². The van der Waals surface area contributed by atoms with Crippen LogP contribution in [-0.2, 0) is 4.79 Å². The van der Waals surface area contributed by atoms with E-state index in [9.17, 15) is 9.90 Å². The number of hydrogen-bond donors (Lipinski definition) is 1. The van der Waals surface area contributed by atoms with E-state index in [2.05, 4.69) is 11.9 Å². The van der Waals surface area contributed by atoms with Crippen molar-refractivity contribution in [3.63, 3.8) is 0 Å². The summed E-state index contributed by atoms with van der Waals surface area (Å²) in [4.78, 5) is 16.2. The van der Waals surface area contributed by atoms with Gasteiger partial charge in [0.25, 0.3) is 5.91 Å². The average molecular weight is 292 g/mol. The van der Waals surface area contributed by atoms with Gasteiger partial charge in [-0.3, -0.25) is 4.79 Å². The number of aryl methyl sites for hydroxylation is 1. The van der Waals surface area contributed by atoms with Crippen LogP contribution < -0.4 is 4.74 Å². The van der Waals surface area contributed by atoms with Gasteiger partial charge in [0, 0.05) is 31.7 Å². The van der Waals surface area contributed by atoms with Gasteiger partial charge in [-0.2, -0.15) is 0 Å². The number of amides is 1. The zero-order valence-electron chi connectivity index (χ0n) is 13.0. The van der Waals surface area contributed by atoms with Gasteiger partial charge in [0.2, 0.25) is 0 Å². The molecule has 1 aromatic rings. The van der Waals surface area contributed by atoms with E-state index in [-0.39, 0.29) is 12.5 Å². The summed E-state index contributed by atoms with van der Waals surface area (Å²) in [6, 6.07) is 5.63. The summed E-state index contributed by atoms with van der Waals surface area (Å²) >= 11 is 0. The lowest BCUT2D eigenvalue weighted by atomic mass is 10.1. The summed E-state index contributed by atoms with van der Waals surface area (Å²) in [6.45, 7) is 6.96. The maximum atomic E-state index is 12.2. The quantitative estimate of drug-likeness (QED) is 0.906. The van der Waals surface area contributed by atoms with Crippen molar-refractivity contribution in [3.05, 3.63) is 29.3 Å². The molecule has 1 aliphatic rings. The van der Waals surface area contributed by atoms with Gasteiger partial charge in [-0.1, -0.05) is 12.1 Å². The molecule has 5 heteroatoms. The first kappa shape index (κ1) is 15.8. The molecule has 1 aromatic carbocycles. The summed E-state index contributed by atoms with van der Waals surface area (Å²) in [5.41, 5.74) is 1.76. The van der Waals surface area contributed by atoms with Gasteiger partial charge in [0.05, 0.1) is 6.10 Å². The molecule has 0 radical (unpaired) electrons. The van der Waals surface area contributed by atoms with Crippen molar-refractivity contribution in [1.29, 1.82) is 0 Å². The molecule has 0 aliphatic carbocycles. The number of carbonyl (C=O) groups is 1. The molecule has 0 bridgehead atoms. The first-order valence-corrected chi connectivity index (χ1v) is 7.35. The van der Waals surface area contributed by atoms with Gasteiger partial charge >= 0.3 is 0 Å². The van der Waals surface area contributed by atoms with Gasteiger partial charge in [-0.25, -0.2) is 0 Å². The molecule has 1 N–H and O–H groups in total. The van der Waals surface area contributed by atoms with Crippen LogP contribution in [-0.4, -0.2) is 60.6 Å². The molecule has 0 aromatic heterocycles. The second-order valence-corrected chi connectivity index (χ2v) is 5.69. The van der Waals surface area contributed by atoms with E-state index in [1.165, 1.54) is 0 Å². The third-order valence-electron chi connectivity index (χ3n) is 3.83. The normalized spacial score (nSPS) is 17.6. The molecule has 1 heterocycles. The monoisotopic (exact) mass is 292 g/mol. The number of rotatable bonds is 4. The minimum absolute atomic E-state index is 0.00106. The van der Waals surface area contributed by atoms with Crippen LogP contribution in [0.25, 0.3) is 0 Å². The molecule has 0 saturated carbocycles. The van der Waals surface area contributed by atoms with Crippen molar-refractivity contribution in [1.82, 2.24) is 9.80 Å². The van der Waals surface area contributed by atoms with Crippen LogP contribution >= 0.6 is 0 Å². The van der Waals surface area contributed by atoms with E-state index >= 15 is 0 Å². The van der Waals surface area contributed by atoms with Gasteiger partial charge in [-0.15, -0.1) is 0 Å². The Bertz CT molecular complexity index is 494. The van der Waals surface area contributed by atoms with Gasteiger partial charge < -0.3 is 19.6 Å². The molecule has 0 unspecified atom stereocenters. The van der Waals surface area contributed by atoms with Crippen LogP contribution in [0.1, 0.15) is 24.2 Å². The summed E-state index contributed by atoms with van der Waals surface area (Å²) < 4.78 is 5.66. The fourth-order valence-corrected chi connectivity index (χ4v) is 2.40. The van der Waals surface area contributed by atoms with Crippen LogP contribution in [0.2, 0.25) is 0 Å². The number of aliphatic hydroxyl groups excluding tert-OH is 1. The highest BCUT2D eigenvalue weighted by Gasteiger charge is 2.20. The average Bonchev–Trinajstić information content (AvgIpc) is 2.45. The molecule has 116 valence electrons. The van der Waals surface area contributed by atoms with E-state index in [0.717, 1.165) is 31.7 Å². The zero-order valence-corrected chi connectivity index (χ0v) is 13.0. The second-order valence-electron chi connectivity index (χ2n) is 5.69. The molecule has 0 spiro atoms. The maximum Gasteiger partial charge on any atom is 0.260 e. The largest absolute Gasteiger partial charge is 0.483 e. The zero-order chi connectivity index (χ0) is 15.4. The highest BCUT2D eigenvalue weighted by molar-refractivity contribution is 5.78. The van der Waals surface area contributed by atoms with E-state index in [1.54, 1.807) is 6.92 Å². The number of likely N-dealkylation sites (N-methyl/N-ethyl adjacent to an activating group) is 1. The van der Waals surface area contributed by atoms with Crippen LogP contribution in [0.4, 0.5) is 0 Å². The standard InChI is InChI=1S/C16H24N2O3/c1-12-4-5-14(13(2)19)15(10-12)21-11-16(20)18-8-6-17(3)7-9-18/h4-5,10,13,19H,6-9,11H2,1-3H3/t13-/m0/s1. The maximum absolute atomic E-state index is 12.2. The Balaban J connectivity index is 1.96. The Morgan fingerprint density at radius 2 is 2.00 bits per heavy atom. The Hall–Kier alpha value is -1.59. The summed E-state index contributed by atoms with van der Waals surface area (Å²) in [5, 5.41) is 9.76. The van der Waals surface area contributed by atoms with Crippen molar-refractivity contribution >= 4 is 5.91 Å². The molecule has 1 amide bonds. The predicted octanol–water partition coefficient (Wildman–Crippen LogP) is 1.20. The van der Waals surface area contributed by atoms with Crippen LogP contribution in [0, 0.1) is 6.92 Å². The lowest BCUT2D eigenvalue weighted by Gasteiger charge is -2.32. The lowest BCUT2D eigenvalue weighted by molar-refractivity contribution is -0.134. The Morgan fingerprint density at radius 3 is 2.62 bits per heavy atom. The molecule has 1 saturated heterocycles. The van der Waals surface area contributed by atoms with Crippen LogP contribution in [0.15, 0.2) is 18.2 Å². The van der Waals surface area contributed by atoms with Gasteiger partial charge in [0.15, 0.2) is 6.61 Å².